The molecule has 1 atom stereocenters. The van der Waals surface area contributed by atoms with E-state index in [2.05, 4.69) is 11.6 Å². The highest BCUT2D eigenvalue weighted by Crippen LogP contribution is 2.18. The summed E-state index contributed by atoms with van der Waals surface area (Å²) >= 11 is 0. The summed E-state index contributed by atoms with van der Waals surface area (Å²) in [4.78, 5) is 13.9. The van der Waals surface area contributed by atoms with Crippen LogP contribution in [0.1, 0.15) is 17.3 Å². The minimum absolute atomic E-state index is 0.0255. The first-order valence-corrected chi connectivity index (χ1v) is 4.05. The lowest BCUT2D eigenvalue weighted by atomic mass is 10.1. The lowest BCUT2D eigenvalue weighted by Gasteiger charge is -2.07. The van der Waals surface area contributed by atoms with Gasteiger partial charge in [-0.05, 0) is 12.5 Å². The summed E-state index contributed by atoms with van der Waals surface area (Å²) in [5.41, 5.74) is 6.96. The molecule has 1 heterocycles. The van der Waals surface area contributed by atoms with Gasteiger partial charge in [-0.1, -0.05) is 6.08 Å². The lowest BCUT2D eigenvalue weighted by Crippen LogP contribution is -2.10. The Bertz CT molecular complexity index is 376. The van der Waals surface area contributed by atoms with Gasteiger partial charge in [-0.2, -0.15) is 0 Å². The SMILES string of the molecule is C=C[C@H](N)c1ncc([N+](=O)[O-])cc1C. The standard InChI is InChI=1S/C9H11N3O2/c1-3-8(10)9-6(2)4-7(5-11-9)12(13)14/h3-5,8H,1,10H2,2H3/t8-/m0/s1. The van der Waals surface area contributed by atoms with Crippen LogP contribution in [0.5, 0.6) is 0 Å². The summed E-state index contributed by atoms with van der Waals surface area (Å²) in [6.45, 7) is 5.27. The van der Waals surface area contributed by atoms with E-state index in [1.807, 2.05) is 0 Å². The predicted molar refractivity (Wildman–Crippen MR) is 52.8 cm³/mol. The zero-order chi connectivity index (χ0) is 10.7. The van der Waals surface area contributed by atoms with Gasteiger partial charge in [0.1, 0.15) is 6.20 Å². The molecule has 0 aromatic carbocycles. The lowest BCUT2D eigenvalue weighted by molar-refractivity contribution is -0.385. The van der Waals surface area contributed by atoms with Crippen LogP contribution in [0.4, 0.5) is 5.69 Å². The van der Waals surface area contributed by atoms with E-state index in [9.17, 15) is 10.1 Å². The summed E-state index contributed by atoms with van der Waals surface area (Å²) in [5.74, 6) is 0. The van der Waals surface area contributed by atoms with Crippen LogP contribution >= 0.6 is 0 Å². The van der Waals surface area contributed by atoms with Crippen LogP contribution in [-0.4, -0.2) is 9.91 Å². The number of hydrogen-bond donors (Lipinski definition) is 1. The van der Waals surface area contributed by atoms with Crippen LogP contribution in [-0.2, 0) is 0 Å². The maximum atomic E-state index is 10.4. The van der Waals surface area contributed by atoms with Crippen molar-refractivity contribution in [3.63, 3.8) is 0 Å². The topological polar surface area (TPSA) is 82.0 Å². The minimum Gasteiger partial charge on any atom is -0.319 e. The zero-order valence-electron chi connectivity index (χ0n) is 7.80. The van der Waals surface area contributed by atoms with Crippen molar-refractivity contribution < 1.29 is 4.92 Å². The Kier molecular flexibility index (Phi) is 2.93. The third-order valence-electron chi connectivity index (χ3n) is 1.88. The van der Waals surface area contributed by atoms with Crippen LogP contribution in [0.15, 0.2) is 24.9 Å². The van der Waals surface area contributed by atoms with Crippen molar-refractivity contribution in [1.82, 2.24) is 4.98 Å². The van der Waals surface area contributed by atoms with E-state index in [1.54, 1.807) is 13.0 Å². The molecule has 0 aliphatic heterocycles. The smallest absolute Gasteiger partial charge is 0.287 e. The van der Waals surface area contributed by atoms with Crippen molar-refractivity contribution in [3.05, 3.63) is 46.3 Å². The number of aryl methyl sites for hydroxylation is 1. The third kappa shape index (κ3) is 1.94. The number of nitrogens with zero attached hydrogens (tertiary/aromatic N) is 2. The van der Waals surface area contributed by atoms with Gasteiger partial charge in [-0.3, -0.25) is 15.1 Å². The molecule has 0 unspecified atom stereocenters. The van der Waals surface area contributed by atoms with E-state index in [0.717, 1.165) is 0 Å². The Balaban J connectivity index is 3.13. The Hall–Kier alpha value is -1.75. The van der Waals surface area contributed by atoms with Crippen molar-refractivity contribution in [3.8, 4) is 0 Å². The highest BCUT2D eigenvalue weighted by atomic mass is 16.6. The molecule has 0 amide bonds. The van der Waals surface area contributed by atoms with Gasteiger partial charge in [0.15, 0.2) is 0 Å². The van der Waals surface area contributed by atoms with Gasteiger partial charge in [0.05, 0.1) is 16.7 Å². The van der Waals surface area contributed by atoms with Crippen molar-refractivity contribution in [2.45, 2.75) is 13.0 Å². The zero-order valence-corrected chi connectivity index (χ0v) is 7.80. The third-order valence-corrected chi connectivity index (χ3v) is 1.88. The molecule has 0 saturated heterocycles. The number of pyridine rings is 1. The first-order valence-electron chi connectivity index (χ1n) is 4.05. The molecule has 1 aromatic rings. The van der Waals surface area contributed by atoms with Crippen molar-refractivity contribution in [2.24, 2.45) is 5.73 Å². The Morgan fingerprint density at radius 1 is 1.79 bits per heavy atom. The molecule has 0 spiro atoms. The second kappa shape index (κ2) is 3.97. The van der Waals surface area contributed by atoms with E-state index >= 15 is 0 Å². The molecule has 5 nitrogen and oxygen atoms in total. The predicted octanol–water partition coefficient (Wildman–Crippen LogP) is 1.48. The van der Waals surface area contributed by atoms with Gasteiger partial charge in [-0.15, -0.1) is 6.58 Å². The second-order valence-electron chi connectivity index (χ2n) is 2.91. The average Bonchev–Trinajstić information content (AvgIpc) is 2.16. The molecule has 0 aliphatic rings. The van der Waals surface area contributed by atoms with E-state index < -0.39 is 4.92 Å². The maximum Gasteiger partial charge on any atom is 0.287 e. The maximum absolute atomic E-state index is 10.4. The first kappa shape index (κ1) is 10.3. The summed E-state index contributed by atoms with van der Waals surface area (Å²) in [5, 5.41) is 10.4. The summed E-state index contributed by atoms with van der Waals surface area (Å²) in [6, 6.07) is 1.07. The molecular formula is C9H11N3O2. The summed E-state index contributed by atoms with van der Waals surface area (Å²) < 4.78 is 0. The molecule has 1 aromatic heterocycles. The van der Waals surface area contributed by atoms with Crippen molar-refractivity contribution >= 4 is 5.69 Å². The number of rotatable bonds is 3. The Labute approximate surface area is 81.4 Å². The van der Waals surface area contributed by atoms with Crippen LogP contribution in [0.25, 0.3) is 0 Å². The highest BCUT2D eigenvalue weighted by Gasteiger charge is 2.12. The molecule has 1 rings (SSSR count). The van der Waals surface area contributed by atoms with E-state index in [-0.39, 0.29) is 11.7 Å². The first-order chi connectivity index (χ1) is 6.56. The van der Waals surface area contributed by atoms with Gasteiger partial charge >= 0.3 is 0 Å². The number of hydrogen-bond acceptors (Lipinski definition) is 4. The molecule has 5 heteroatoms. The molecule has 74 valence electrons. The second-order valence-corrected chi connectivity index (χ2v) is 2.91. The summed E-state index contributed by atoms with van der Waals surface area (Å²) in [7, 11) is 0. The fourth-order valence-corrected chi connectivity index (χ4v) is 1.13. The quantitative estimate of drug-likeness (QED) is 0.448. The molecule has 2 N–H and O–H groups in total. The van der Waals surface area contributed by atoms with Crippen molar-refractivity contribution in [1.29, 1.82) is 0 Å². The molecule has 0 fully saturated rings. The van der Waals surface area contributed by atoms with Gasteiger partial charge in [0, 0.05) is 6.07 Å². The number of aromatic nitrogens is 1. The molecule has 0 radical (unpaired) electrons. The van der Waals surface area contributed by atoms with Crippen LogP contribution in [0, 0.1) is 17.0 Å². The largest absolute Gasteiger partial charge is 0.319 e. The highest BCUT2D eigenvalue weighted by molar-refractivity contribution is 5.35. The minimum atomic E-state index is -0.483. The molecule has 0 saturated carbocycles. The van der Waals surface area contributed by atoms with E-state index in [0.29, 0.717) is 11.3 Å². The van der Waals surface area contributed by atoms with Crippen LogP contribution in [0.2, 0.25) is 0 Å². The monoisotopic (exact) mass is 193 g/mol. The average molecular weight is 193 g/mol. The Morgan fingerprint density at radius 3 is 2.86 bits per heavy atom. The fraction of sp³-hybridized carbons (Fsp3) is 0.222. The van der Waals surface area contributed by atoms with Gasteiger partial charge in [-0.25, -0.2) is 0 Å². The van der Waals surface area contributed by atoms with Crippen molar-refractivity contribution in [2.75, 3.05) is 0 Å². The van der Waals surface area contributed by atoms with Gasteiger partial charge in [0.2, 0.25) is 0 Å². The normalized spacial score (nSPS) is 12.1. The van der Waals surface area contributed by atoms with Gasteiger partial charge < -0.3 is 5.73 Å². The van der Waals surface area contributed by atoms with Crippen LogP contribution in [0.3, 0.4) is 0 Å². The van der Waals surface area contributed by atoms with Gasteiger partial charge in [0.25, 0.3) is 5.69 Å². The molecule has 0 aliphatic carbocycles. The fourth-order valence-electron chi connectivity index (χ4n) is 1.13. The van der Waals surface area contributed by atoms with E-state index in [4.69, 9.17) is 5.73 Å². The molecular weight excluding hydrogens is 182 g/mol. The molecule has 14 heavy (non-hydrogen) atoms. The number of nitro groups is 1. The van der Waals surface area contributed by atoms with Crippen LogP contribution < -0.4 is 5.73 Å². The molecule has 0 bridgehead atoms. The number of nitrogens with two attached hydrogens (primary N) is 1. The Morgan fingerprint density at radius 2 is 2.43 bits per heavy atom. The van der Waals surface area contributed by atoms with E-state index in [1.165, 1.54) is 12.3 Å². The summed E-state index contributed by atoms with van der Waals surface area (Å²) in [6.07, 6.45) is 2.74.